The van der Waals surface area contributed by atoms with Gasteiger partial charge in [-0.25, -0.2) is 4.79 Å². The first-order valence-electron chi connectivity index (χ1n) is 5.49. The first kappa shape index (κ1) is 11.4. The molecule has 0 amide bonds. The van der Waals surface area contributed by atoms with Gasteiger partial charge in [-0.05, 0) is 37.1 Å². The molecule has 17 heavy (non-hydrogen) atoms. The Balaban J connectivity index is 2.04. The molecular weight excluding hydrogens is 218 g/mol. The number of hydrogen-bond acceptors (Lipinski definition) is 3. The Morgan fingerprint density at radius 3 is 2.47 bits per heavy atom. The van der Waals surface area contributed by atoms with Crippen molar-refractivity contribution in [3.8, 4) is 0 Å². The lowest BCUT2D eigenvalue weighted by Crippen LogP contribution is -1.98. The molecule has 1 aromatic carbocycles. The second kappa shape index (κ2) is 4.82. The minimum Gasteiger partial charge on any atom is -0.478 e. The molecule has 2 N–H and O–H groups in total. The minimum atomic E-state index is -0.944. The first-order valence-corrected chi connectivity index (χ1v) is 5.49. The monoisotopic (exact) mass is 231 g/mol. The topological polar surface area (TPSA) is 66.4 Å². The van der Waals surface area contributed by atoms with Crippen LogP contribution < -0.4 is 5.32 Å². The molecular formula is C13H13NO3. The van der Waals surface area contributed by atoms with Crippen molar-refractivity contribution in [2.45, 2.75) is 19.3 Å². The lowest BCUT2D eigenvalue weighted by molar-refractivity contribution is -0.114. The molecule has 0 aromatic heterocycles. The number of ketones is 1. The molecule has 2 rings (SSSR count). The molecule has 0 bridgehead atoms. The molecule has 0 spiro atoms. The predicted molar refractivity (Wildman–Crippen MR) is 64.0 cm³/mol. The van der Waals surface area contributed by atoms with Gasteiger partial charge in [-0.2, -0.15) is 0 Å². The molecule has 0 atom stereocenters. The lowest BCUT2D eigenvalue weighted by atomic mass is 10.2. The summed E-state index contributed by atoms with van der Waals surface area (Å²) in [6, 6.07) is 6.42. The normalized spacial score (nSPS) is 17.4. The molecule has 0 aliphatic heterocycles. The first-order chi connectivity index (χ1) is 8.16. The summed E-state index contributed by atoms with van der Waals surface area (Å²) in [5.74, 6) is -0.750. The molecule has 0 saturated heterocycles. The number of carbonyl (C=O) groups excluding carboxylic acids is 1. The quantitative estimate of drug-likeness (QED) is 0.784. The van der Waals surface area contributed by atoms with Crippen LogP contribution in [0.3, 0.4) is 0 Å². The summed E-state index contributed by atoms with van der Waals surface area (Å²) >= 11 is 0. The molecule has 0 radical (unpaired) electrons. The fraction of sp³-hybridized carbons (Fsp3) is 0.231. The van der Waals surface area contributed by atoms with Gasteiger partial charge in [0.15, 0.2) is 5.78 Å². The molecule has 88 valence electrons. The summed E-state index contributed by atoms with van der Waals surface area (Å²) < 4.78 is 0. The number of allylic oxidation sites excluding steroid dienone is 1. The highest BCUT2D eigenvalue weighted by molar-refractivity contribution is 5.97. The van der Waals surface area contributed by atoms with Gasteiger partial charge in [0.05, 0.1) is 5.56 Å². The van der Waals surface area contributed by atoms with E-state index < -0.39 is 5.97 Å². The van der Waals surface area contributed by atoms with Crippen LogP contribution in [0.2, 0.25) is 0 Å². The van der Waals surface area contributed by atoms with Crippen molar-refractivity contribution in [2.24, 2.45) is 0 Å². The van der Waals surface area contributed by atoms with E-state index in [0.717, 1.165) is 24.1 Å². The molecule has 0 unspecified atom stereocenters. The van der Waals surface area contributed by atoms with E-state index in [9.17, 15) is 9.59 Å². The van der Waals surface area contributed by atoms with Crippen molar-refractivity contribution in [1.82, 2.24) is 0 Å². The zero-order valence-corrected chi connectivity index (χ0v) is 9.27. The van der Waals surface area contributed by atoms with E-state index in [-0.39, 0.29) is 11.3 Å². The van der Waals surface area contributed by atoms with Gasteiger partial charge in [0.25, 0.3) is 0 Å². The number of anilines is 1. The van der Waals surface area contributed by atoms with Crippen LogP contribution in [-0.2, 0) is 4.79 Å². The average molecular weight is 231 g/mol. The largest absolute Gasteiger partial charge is 0.478 e. The van der Waals surface area contributed by atoms with Crippen molar-refractivity contribution < 1.29 is 14.7 Å². The van der Waals surface area contributed by atoms with E-state index in [4.69, 9.17) is 5.11 Å². The van der Waals surface area contributed by atoms with E-state index in [1.165, 1.54) is 12.1 Å². The van der Waals surface area contributed by atoms with Crippen molar-refractivity contribution in [3.63, 3.8) is 0 Å². The predicted octanol–water partition coefficient (Wildman–Crippen LogP) is 2.43. The van der Waals surface area contributed by atoms with Crippen LogP contribution >= 0.6 is 0 Å². The number of carbonyl (C=O) groups is 2. The van der Waals surface area contributed by atoms with E-state index >= 15 is 0 Å². The van der Waals surface area contributed by atoms with Gasteiger partial charge in [-0.3, -0.25) is 4.79 Å². The SMILES string of the molecule is O=C1CCC/C1=C/Nc1ccc(C(=O)O)cc1. The Morgan fingerprint density at radius 2 is 1.94 bits per heavy atom. The standard InChI is InChI=1S/C13H13NO3/c15-12-3-1-2-10(12)8-14-11-6-4-9(5-7-11)13(16)17/h4-8,14H,1-3H2,(H,16,17)/b10-8-. The maximum Gasteiger partial charge on any atom is 0.335 e. The lowest BCUT2D eigenvalue weighted by Gasteiger charge is -2.02. The van der Waals surface area contributed by atoms with Crippen molar-refractivity contribution in [2.75, 3.05) is 5.32 Å². The Hall–Kier alpha value is -2.10. The Morgan fingerprint density at radius 1 is 1.24 bits per heavy atom. The van der Waals surface area contributed by atoms with E-state index in [1.807, 2.05) is 0 Å². The number of nitrogens with one attached hydrogen (secondary N) is 1. The highest BCUT2D eigenvalue weighted by atomic mass is 16.4. The summed E-state index contributed by atoms with van der Waals surface area (Å²) in [5, 5.41) is 11.7. The summed E-state index contributed by atoms with van der Waals surface area (Å²) in [5.41, 5.74) is 1.84. The van der Waals surface area contributed by atoms with Crippen molar-refractivity contribution in [3.05, 3.63) is 41.6 Å². The highest BCUT2D eigenvalue weighted by Gasteiger charge is 2.16. The Kier molecular flexibility index (Phi) is 3.23. The average Bonchev–Trinajstić information content (AvgIpc) is 2.73. The number of Topliss-reactive ketones (excluding diaryl/α,β-unsaturated/α-hetero) is 1. The number of carboxylic acids is 1. The molecule has 4 nitrogen and oxygen atoms in total. The summed E-state index contributed by atoms with van der Waals surface area (Å²) in [6.45, 7) is 0. The van der Waals surface area contributed by atoms with Crippen LogP contribution in [-0.4, -0.2) is 16.9 Å². The number of aromatic carboxylic acids is 1. The van der Waals surface area contributed by atoms with Crippen LogP contribution in [0.15, 0.2) is 36.0 Å². The number of rotatable bonds is 3. The molecule has 1 aliphatic rings. The summed E-state index contributed by atoms with van der Waals surface area (Å²) in [4.78, 5) is 22.0. The maximum absolute atomic E-state index is 11.4. The second-order valence-electron chi connectivity index (χ2n) is 3.97. The molecule has 1 saturated carbocycles. The van der Waals surface area contributed by atoms with Crippen molar-refractivity contribution >= 4 is 17.4 Å². The van der Waals surface area contributed by atoms with Crippen LogP contribution in [0, 0.1) is 0 Å². The smallest absolute Gasteiger partial charge is 0.335 e. The van der Waals surface area contributed by atoms with Gasteiger partial charge in [0.1, 0.15) is 0 Å². The third-order valence-corrected chi connectivity index (χ3v) is 2.75. The molecule has 1 aliphatic carbocycles. The fourth-order valence-electron chi connectivity index (χ4n) is 1.77. The van der Waals surface area contributed by atoms with E-state index in [1.54, 1.807) is 18.3 Å². The van der Waals surface area contributed by atoms with Gasteiger partial charge in [-0.15, -0.1) is 0 Å². The summed E-state index contributed by atoms with van der Waals surface area (Å²) in [6.07, 6.45) is 4.08. The highest BCUT2D eigenvalue weighted by Crippen LogP contribution is 2.20. The van der Waals surface area contributed by atoms with E-state index in [0.29, 0.717) is 6.42 Å². The third-order valence-electron chi connectivity index (χ3n) is 2.75. The Bertz CT molecular complexity index is 474. The molecule has 0 heterocycles. The number of benzene rings is 1. The van der Waals surface area contributed by atoms with Gasteiger partial charge in [0, 0.05) is 23.9 Å². The Labute approximate surface area is 99.0 Å². The van der Waals surface area contributed by atoms with Crippen LogP contribution in [0.4, 0.5) is 5.69 Å². The zero-order valence-electron chi connectivity index (χ0n) is 9.27. The number of hydrogen-bond donors (Lipinski definition) is 2. The maximum atomic E-state index is 11.4. The van der Waals surface area contributed by atoms with Crippen LogP contribution in [0.5, 0.6) is 0 Å². The van der Waals surface area contributed by atoms with Gasteiger partial charge in [-0.1, -0.05) is 0 Å². The van der Waals surface area contributed by atoms with E-state index in [2.05, 4.69) is 5.32 Å². The van der Waals surface area contributed by atoms with Gasteiger partial charge in [0.2, 0.25) is 0 Å². The second-order valence-corrected chi connectivity index (χ2v) is 3.97. The summed E-state index contributed by atoms with van der Waals surface area (Å²) in [7, 11) is 0. The van der Waals surface area contributed by atoms with Gasteiger partial charge < -0.3 is 10.4 Å². The van der Waals surface area contributed by atoms with Crippen LogP contribution in [0.1, 0.15) is 29.6 Å². The van der Waals surface area contributed by atoms with Crippen molar-refractivity contribution in [1.29, 1.82) is 0 Å². The van der Waals surface area contributed by atoms with Crippen LogP contribution in [0.25, 0.3) is 0 Å². The minimum absolute atomic E-state index is 0.194. The molecule has 1 fully saturated rings. The third kappa shape index (κ3) is 2.72. The molecule has 4 heteroatoms. The zero-order chi connectivity index (χ0) is 12.3. The van der Waals surface area contributed by atoms with Gasteiger partial charge >= 0.3 is 5.97 Å². The molecule has 1 aromatic rings. The number of carboxylic acid groups (broad SMARTS) is 1. The fourth-order valence-corrected chi connectivity index (χ4v) is 1.77.